The van der Waals surface area contributed by atoms with Crippen molar-refractivity contribution in [3.05, 3.63) is 36.5 Å². The summed E-state index contributed by atoms with van der Waals surface area (Å²) in [5.74, 6) is -0.726. The molecule has 4 nitrogen and oxygen atoms in total. The highest BCUT2D eigenvalue weighted by atomic mass is 16.6. The van der Waals surface area contributed by atoms with Crippen molar-refractivity contribution in [2.24, 2.45) is 0 Å². The summed E-state index contributed by atoms with van der Waals surface area (Å²) < 4.78 is 5.52. The predicted molar refractivity (Wildman–Crippen MR) is 97.0 cm³/mol. The van der Waals surface area contributed by atoms with Gasteiger partial charge in [0, 0.05) is 13.0 Å². The highest BCUT2D eigenvalue weighted by Gasteiger charge is 2.36. The minimum Gasteiger partial charge on any atom is -0.481 e. The number of aliphatic carboxylic acids is 1. The SMILES string of the molecule is O=C(O)CCCC1OC1C/C=C\C/C=C\C/C=C\CCCCCO. The number of aliphatic hydroxyl groups excluding tert-OH is 1. The van der Waals surface area contributed by atoms with Crippen LogP contribution in [-0.2, 0) is 9.53 Å². The lowest BCUT2D eigenvalue weighted by molar-refractivity contribution is -0.137. The van der Waals surface area contributed by atoms with E-state index in [0.29, 0.717) is 19.1 Å². The van der Waals surface area contributed by atoms with Gasteiger partial charge in [-0.2, -0.15) is 0 Å². The monoisotopic (exact) mass is 336 g/mol. The molecule has 1 saturated heterocycles. The van der Waals surface area contributed by atoms with E-state index in [1.54, 1.807) is 0 Å². The standard InChI is InChI=1S/C20H32O4/c21-17-12-10-8-6-4-2-1-3-5-7-9-11-14-18-19(24-18)15-13-16-20(22)23/h2-5,9,11,18-19,21H,1,6-8,10,12-17H2,(H,22,23)/b4-2-,5-3-,11-9-. The first-order chi connectivity index (χ1) is 11.7. The van der Waals surface area contributed by atoms with Crippen molar-refractivity contribution in [2.75, 3.05) is 6.61 Å². The first kappa shape index (κ1) is 20.7. The number of rotatable bonds is 15. The predicted octanol–water partition coefficient (Wildman–Crippen LogP) is 4.40. The van der Waals surface area contributed by atoms with Gasteiger partial charge in [-0.1, -0.05) is 42.9 Å². The van der Waals surface area contributed by atoms with Crippen molar-refractivity contribution in [1.82, 2.24) is 0 Å². The normalized spacial score (nSPS) is 20.5. The maximum Gasteiger partial charge on any atom is 0.303 e. The highest BCUT2D eigenvalue weighted by Crippen LogP contribution is 2.30. The van der Waals surface area contributed by atoms with E-state index < -0.39 is 5.97 Å². The molecule has 136 valence electrons. The van der Waals surface area contributed by atoms with Gasteiger partial charge in [0.05, 0.1) is 12.2 Å². The number of epoxide rings is 1. The number of carbonyl (C=O) groups is 1. The van der Waals surface area contributed by atoms with E-state index in [9.17, 15) is 4.79 Å². The molecule has 1 aliphatic heterocycles. The molecule has 0 bridgehead atoms. The zero-order valence-electron chi connectivity index (χ0n) is 14.6. The topological polar surface area (TPSA) is 70.1 Å². The van der Waals surface area contributed by atoms with E-state index in [1.807, 2.05) is 0 Å². The molecule has 4 heteroatoms. The maximum atomic E-state index is 10.4. The molecule has 0 amide bonds. The van der Waals surface area contributed by atoms with Crippen LogP contribution in [0.2, 0.25) is 0 Å². The molecule has 0 aromatic carbocycles. The molecule has 0 saturated carbocycles. The van der Waals surface area contributed by atoms with Crippen LogP contribution in [0.25, 0.3) is 0 Å². The minimum atomic E-state index is -0.726. The molecule has 0 aromatic rings. The van der Waals surface area contributed by atoms with Crippen LogP contribution in [0.3, 0.4) is 0 Å². The Morgan fingerprint density at radius 2 is 1.58 bits per heavy atom. The Balaban J connectivity index is 1.89. The summed E-state index contributed by atoms with van der Waals surface area (Å²) in [6.07, 6.45) is 22.6. The lowest BCUT2D eigenvalue weighted by Gasteiger charge is -1.93. The van der Waals surface area contributed by atoms with E-state index in [4.69, 9.17) is 14.9 Å². The highest BCUT2D eigenvalue weighted by molar-refractivity contribution is 5.66. The number of hydrogen-bond acceptors (Lipinski definition) is 3. The molecular formula is C20H32O4. The van der Waals surface area contributed by atoms with Gasteiger partial charge in [0.1, 0.15) is 0 Å². The van der Waals surface area contributed by atoms with E-state index >= 15 is 0 Å². The molecular weight excluding hydrogens is 304 g/mol. The summed E-state index contributed by atoms with van der Waals surface area (Å²) in [6.45, 7) is 0.304. The Hall–Kier alpha value is -1.39. The molecule has 0 spiro atoms. The largest absolute Gasteiger partial charge is 0.481 e. The Morgan fingerprint density at radius 3 is 2.29 bits per heavy atom. The Kier molecular flexibility index (Phi) is 12.0. The van der Waals surface area contributed by atoms with Crippen LogP contribution in [0.15, 0.2) is 36.5 Å². The lowest BCUT2D eigenvalue weighted by atomic mass is 10.1. The number of ether oxygens (including phenoxy) is 1. The molecule has 0 aliphatic carbocycles. The van der Waals surface area contributed by atoms with Crippen LogP contribution in [0, 0.1) is 0 Å². The number of carboxylic acids is 1. The second-order valence-corrected chi connectivity index (χ2v) is 6.19. The van der Waals surface area contributed by atoms with Gasteiger partial charge in [-0.3, -0.25) is 4.79 Å². The maximum absolute atomic E-state index is 10.4. The molecule has 2 atom stereocenters. The summed E-state index contributed by atoms with van der Waals surface area (Å²) in [4.78, 5) is 10.4. The molecule has 24 heavy (non-hydrogen) atoms. The molecule has 2 unspecified atom stereocenters. The molecule has 0 aromatic heterocycles. The average Bonchev–Trinajstić information content (AvgIpc) is 3.30. The number of allylic oxidation sites excluding steroid dienone is 5. The zero-order valence-corrected chi connectivity index (χ0v) is 14.6. The third kappa shape index (κ3) is 12.1. The molecule has 1 fully saturated rings. The van der Waals surface area contributed by atoms with Crippen molar-refractivity contribution < 1.29 is 19.7 Å². The number of hydrogen-bond donors (Lipinski definition) is 2. The first-order valence-electron chi connectivity index (χ1n) is 9.17. The summed E-state index contributed by atoms with van der Waals surface area (Å²) >= 11 is 0. The van der Waals surface area contributed by atoms with Crippen molar-refractivity contribution in [3.8, 4) is 0 Å². The van der Waals surface area contributed by atoms with Crippen LogP contribution in [0.4, 0.5) is 0 Å². The van der Waals surface area contributed by atoms with Gasteiger partial charge in [-0.25, -0.2) is 0 Å². The van der Waals surface area contributed by atoms with Gasteiger partial charge in [0.25, 0.3) is 0 Å². The Labute approximate surface area is 145 Å². The summed E-state index contributed by atoms with van der Waals surface area (Å²) in [5, 5.41) is 17.2. The molecule has 1 heterocycles. The van der Waals surface area contributed by atoms with Crippen LogP contribution in [-0.4, -0.2) is 35.0 Å². The fourth-order valence-electron chi connectivity index (χ4n) is 2.54. The van der Waals surface area contributed by atoms with Crippen molar-refractivity contribution in [1.29, 1.82) is 0 Å². The van der Waals surface area contributed by atoms with E-state index in [-0.39, 0.29) is 12.5 Å². The van der Waals surface area contributed by atoms with Gasteiger partial charge in [0.15, 0.2) is 0 Å². The quantitative estimate of drug-likeness (QED) is 0.264. The number of aliphatic hydroxyl groups is 1. The van der Waals surface area contributed by atoms with Gasteiger partial charge in [-0.15, -0.1) is 0 Å². The molecule has 1 aliphatic rings. The van der Waals surface area contributed by atoms with Crippen molar-refractivity contribution in [2.45, 2.75) is 76.4 Å². The Morgan fingerprint density at radius 1 is 0.875 bits per heavy atom. The minimum absolute atomic E-state index is 0.240. The van der Waals surface area contributed by atoms with Crippen molar-refractivity contribution in [3.63, 3.8) is 0 Å². The second kappa shape index (κ2) is 14.0. The van der Waals surface area contributed by atoms with Crippen LogP contribution in [0.5, 0.6) is 0 Å². The fourth-order valence-corrected chi connectivity index (χ4v) is 2.54. The van der Waals surface area contributed by atoms with Crippen LogP contribution < -0.4 is 0 Å². The summed E-state index contributed by atoms with van der Waals surface area (Å²) in [7, 11) is 0. The Bertz CT molecular complexity index is 412. The fraction of sp³-hybridized carbons (Fsp3) is 0.650. The second-order valence-electron chi connectivity index (χ2n) is 6.19. The van der Waals surface area contributed by atoms with Gasteiger partial charge in [-0.05, 0) is 51.4 Å². The van der Waals surface area contributed by atoms with Crippen LogP contribution >= 0.6 is 0 Å². The van der Waals surface area contributed by atoms with Crippen molar-refractivity contribution >= 4 is 5.97 Å². The smallest absolute Gasteiger partial charge is 0.303 e. The van der Waals surface area contributed by atoms with Gasteiger partial charge < -0.3 is 14.9 Å². The zero-order chi connectivity index (χ0) is 17.5. The molecule has 0 radical (unpaired) electrons. The van der Waals surface area contributed by atoms with Gasteiger partial charge >= 0.3 is 5.97 Å². The third-order valence-corrected chi connectivity index (χ3v) is 4.01. The molecule has 2 N–H and O–H groups in total. The third-order valence-electron chi connectivity index (χ3n) is 4.01. The summed E-state index contributed by atoms with van der Waals surface area (Å²) in [5.41, 5.74) is 0. The lowest BCUT2D eigenvalue weighted by Crippen LogP contribution is -1.97. The van der Waals surface area contributed by atoms with E-state index in [0.717, 1.165) is 51.4 Å². The summed E-state index contributed by atoms with van der Waals surface area (Å²) in [6, 6.07) is 0. The number of carboxylic acid groups (broad SMARTS) is 1. The average molecular weight is 336 g/mol. The van der Waals surface area contributed by atoms with Crippen LogP contribution in [0.1, 0.15) is 64.2 Å². The number of unbranched alkanes of at least 4 members (excludes halogenated alkanes) is 3. The van der Waals surface area contributed by atoms with E-state index in [1.165, 1.54) is 0 Å². The van der Waals surface area contributed by atoms with E-state index in [2.05, 4.69) is 36.5 Å². The van der Waals surface area contributed by atoms with Gasteiger partial charge in [0.2, 0.25) is 0 Å². The first-order valence-corrected chi connectivity index (χ1v) is 9.17. The molecule has 1 rings (SSSR count).